The normalized spacial score (nSPS) is 13.6. The maximum Gasteiger partial charge on any atom is 0.328 e. The highest BCUT2D eigenvalue weighted by Gasteiger charge is 2.33. The van der Waals surface area contributed by atoms with E-state index in [-0.39, 0.29) is 41.2 Å². The van der Waals surface area contributed by atoms with Crippen LogP contribution in [0, 0.1) is 5.41 Å². The summed E-state index contributed by atoms with van der Waals surface area (Å²) in [6.45, 7) is 0.321. The summed E-state index contributed by atoms with van der Waals surface area (Å²) in [7, 11) is 3.67. The second kappa shape index (κ2) is 12.6. The lowest BCUT2D eigenvalue weighted by Crippen LogP contribution is -2.37. The highest BCUT2D eigenvalue weighted by Crippen LogP contribution is 2.41. The van der Waals surface area contributed by atoms with Crippen molar-refractivity contribution in [2.75, 3.05) is 30.9 Å². The number of hydrogen-bond donors (Lipinski definition) is 7. The van der Waals surface area contributed by atoms with Crippen LogP contribution in [-0.2, 0) is 4.79 Å². The van der Waals surface area contributed by atoms with Crippen LogP contribution in [0.1, 0.15) is 18.4 Å². The van der Waals surface area contributed by atoms with Crippen LogP contribution in [0.4, 0.5) is 17.1 Å². The van der Waals surface area contributed by atoms with Crippen LogP contribution >= 0.6 is 0 Å². The van der Waals surface area contributed by atoms with E-state index in [1.165, 1.54) is 0 Å². The molecule has 0 saturated carbocycles. The summed E-state index contributed by atoms with van der Waals surface area (Å²) in [4.78, 5) is 31.5. The third kappa shape index (κ3) is 7.44. The first-order chi connectivity index (χ1) is 20.0. The fourth-order valence-corrected chi connectivity index (χ4v) is 3.82. The third-order valence-corrected chi connectivity index (χ3v) is 5.75. The zero-order valence-electron chi connectivity index (χ0n) is 23.0. The molecular weight excluding hydrogens is 544 g/mol. The lowest BCUT2D eigenvalue weighted by atomic mass is 10.1. The Morgan fingerprint density at radius 2 is 1.83 bits per heavy atom. The summed E-state index contributed by atoms with van der Waals surface area (Å²) in [5.41, 5.74) is 29.2. The van der Waals surface area contributed by atoms with Crippen molar-refractivity contribution in [3.8, 4) is 29.3 Å². The Balaban J connectivity index is 1.72. The number of aliphatic imine (C=N–C) groups is 2. The van der Waals surface area contributed by atoms with Crippen molar-refractivity contribution in [2.24, 2.45) is 38.7 Å². The molecule has 42 heavy (non-hydrogen) atoms. The Morgan fingerprint density at radius 1 is 1.05 bits per heavy atom. The van der Waals surface area contributed by atoms with Crippen LogP contribution in [0.15, 0.2) is 52.4 Å². The lowest BCUT2D eigenvalue weighted by molar-refractivity contribution is -0.124. The van der Waals surface area contributed by atoms with Crippen LogP contribution in [0.2, 0.25) is 0 Å². The molecule has 1 aliphatic heterocycles. The van der Waals surface area contributed by atoms with E-state index in [9.17, 15) is 4.79 Å². The third-order valence-electron chi connectivity index (χ3n) is 5.75. The number of nitrogens with two attached hydrogens (primary N) is 5. The van der Waals surface area contributed by atoms with Gasteiger partial charge in [-0.1, -0.05) is 6.07 Å². The summed E-state index contributed by atoms with van der Waals surface area (Å²) in [5, 5.41) is 10.7. The molecule has 12 N–H and O–H groups in total. The number of carbonyl (C=O) groups is 1. The number of amidine groups is 1. The van der Waals surface area contributed by atoms with E-state index in [4.69, 9.17) is 48.3 Å². The molecule has 0 spiro atoms. The number of carbonyl (C=O) groups excluding carboxylic acids is 1. The number of nitrogens with one attached hydrogen (secondary N) is 2. The number of nitrogen functional groups attached to an aromatic ring is 1. The Kier molecular flexibility index (Phi) is 8.75. The summed E-state index contributed by atoms with van der Waals surface area (Å²) < 4.78 is 18.0. The largest absolute Gasteiger partial charge is 0.462 e. The van der Waals surface area contributed by atoms with Crippen molar-refractivity contribution in [1.82, 2.24) is 9.97 Å². The van der Waals surface area contributed by atoms with Crippen LogP contribution < -0.4 is 53.1 Å². The van der Waals surface area contributed by atoms with Gasteiger partial charge in [0.1, 0.15) is 17.3 Å². The molecule has 1 amide bonds. The van der Waals surface area contributed by atoms with Crippen molar-refractivity contribution in [3.63, 3.8) is 0 Å². The number of hydrogen-bond acceptors (Lipinski definition) is 10. The van der Waals surface area contributed by atoms with Crippen molar-refractivity contribution in [2.45, 2.75) is 18.9 Å². The molecule has 2 aromatic carbocycles. The van der Waals surface area contributed by atoms with Gasteiger partial charge in [0, 0.05) is 44.0 Å². The monoisotopic (exact) mass is 576 g/mol. The van der Waals surface area contributed by atoms with Crippen molar-refractivity contribution in [1.29, 1.82) is 5.41 Å². The molecule has 1 aromatic heterocycles. The molecule has 16 nitrogen and oxygen atoms in total. The molecule has 16 heteroatoms. The van der Waals surface area contributed by atoms with E-state index in [0.29, 0.717) is 42.1 Å². The van der Waals surface area contributed by atoms with Crippen LogP contribution in [0.25, 0.3) is 0 Å². The fraction of sp³-hybridized carbons (Fsp3) is 0.231. The predicted octanol–water partition coefficient (Wildman–Crippen LogP) is 1.07. The molecule has 0 bridgehead atoms. The van der Waals surface area contributed by atoms with Gasteiger partial charge in [0.25, 0.3) is 11.8 Å². The first-order valence-electron chi connectivity index (χ1n) is 12.7. The van der Waals surface area contributed by atoms with Gasteiger partial charge < -0.3 is 53.1 Å². The molecule has 1 aliphatic rings. The summed E-state index contributed by atoms with van der Waals surface area (Å²) >= 11 is 0. The number of fused-ring (bicyclic) bond motifs is 1. The quantitative estimate of drug-likeness (QED) is 0.0959. The molecule has 1 atom stereocenters. The molecule has 0 radical (unpaired) electrons. The summed E-state index contributed by atoms with van der Waals surface area (Å²) in [5.74, 6) is -0.157. The van der Waals surface area contributed by atoms with E-state index in [1.807, 2.05) is 19.0 Å². The summed E-state index contributed by atoms with van der Waals surface area (Å²) in [6, 6.07) is 11.5. The Bertz CT molecular complexity index is 1550. The molecule has 1 unspecified atom stereocenters. The zero-order chi connectivity index (χ0) is 30.4. The average Bonchev–Trinajstić information content (AvgIpc) is 2.91. The first-order valence-corrected chi connectivity index (χ1v) is 12.7. The highest BCUT2D eigenvalue weighted by atomic mass is 16.5. The van der Waals surface area contributed by atoms with Gasteiger partial charge in [0.2, 0.25) is 5.88 Å². The maximum atomic E-state index is 12.9. The minimum atomic E-state index is -0.881. The molecule has 0 aliphatic carbocycles. The number of benzene rings is 2. The molecule has 3 aromatic rings. The minimum absolute atomic E-state index is 0.0253. The van der Waals surface area contributed by atoms with Gasteiger partial charge in [0.15, 0.2) is 23.7 Å². The topological polar surface area (TPSA) is 264 Å². The van der Waals surface area contributed by atoms with Crippen LogP contribution in [0.3, 0.4) is 0 Å². The number of amides is 1. The summed E-state index contributed by atoms with van der Waals surface area (Å²) in [6.07, 6.45) is -0.0913. The van der Waals surface area contributed by atoms with Gasteiger partial charge in [0.05, 0.1) is 5.69 Å². The molecule has 4 rings (SSSR count). The minimum Gasteiger partial charge on any atom is -0.462 e. The van der Waals surface area contributed by atoms with E-state index >= 15 is 0 Å². The molecule has 0 saturated heterocycles. The van der Waals surface area contributed by atoms with E-state index < -0.39 is 12.0 Å². The molecule has 2 heterocycles. The van der Waals surface area contributed by atoms with E-state index in [2.05, 4.69) is 25.3 Å². The van der Waals surface area contributed by atoms with Crippen LogP contribution in [-0.4, -0.2) is 60.4 Å². The van der Waals surface area contributed by atoms with E-state index in [0.717, 1.165) is 5.69 Å². The molecule has 0 fully saturated rings. The van der Waals surface area contributed by atoms with Crippen molar-refractivity contribution >= 4 is 40.7 Å². The van der Waals surface area contributed by atoms with Crippen molar-refractivity contribution in [3.05, 3.63) is 48.0 Å². The number of ether oxygens (including phenoxy) is 3. The Hall–Kier alpha value is -5.80. The van der Waals surface area contributed by atoms with Crippen molar-refractivity contribution < 1.29 is 19.0 Å². The van der Waals surface area contributed by atoms with Crippen LogP contribution in [0.5, 0.6) is 29.3 Å². The smallest absolute Gasteiger partial charge is 0.328 e. The SMILES string of the molecule is CN(C)c1cc(Oc2nc(Oc3cccc(N=C(N)N)c3)nc3c2NC(=O)C(CCCN=C(N)N)O3)cc(C(=N)N)c1. The van der Waals surface area contributed by atoms with Gasteiger partial charge in [-0.2, -0.15) is 9.97 Å². The second-order valence-electron chi connectivity index (χ2n) is 9.30. The highest BCUT2D eigenvalue weighted by molar-refractivity contribution is 5.99. The zero-order valence-corrected chi connectivity index (χ0v) is 23.0. The Morgan fingerprint density at radius 3 is 2.52 bits per heavy atom. The van der Waals surface area contributed by atoms with Gasteiger partial charge in [-0.05, 0) is 37.1 Å². The predicted molar refractivity (Wildman–Crippen MR) is 159 cm³/mol. The van der Waals surface area contributed by atoms with Gasteiger partial charge in [-0.3, -0.25) is 15.2 Å². The standard InChI is InChI=1S/C26H32N12O4/c1-38(2)15-9-13(20(27)28)10-17(12-15)40-22-19-23(42-18(21(39)35-19)7-4-8-33-24(29)30)37-26(36-22)41-16-6-3-5-14(11-16)34-25(31)32/h3,5-6,9-12,18H,4,7-8H2,1-2H3,(H3,27,28)(H,35,39)(H4,29,30,33)(H4,31,32,34). The first kappa shape index (κ1) is 29.2. The van der Waals surface area contributed by atoms with Gasteiger partial charge in [-0.15, -0.1) is 0 Å². The number of anilines is 2. The number of guanidine groups is 2. The number of nitrogens with zero attached hydrogens (tertiary/aromatic N) is 5. The number of rotatable bonds is 11. The van der Waals surface area contributed by atoms with Gasteiger partial charge in [-0.25, -0.2) is 4.99 Å². The molecule has 220 valence electrons. The number of aromatic nitrogens is 2. The molecular formula is C26H32N12O4. The van der Waals surface area contributed by atoms with Gasteiger partial charge >= 0.3 is 6.01 Å². The average molecular weight is 577 g/mol. The second-order valence-corrected chi connectivity index (χ2v) is 9.30. The maximum absolute atomic E-state index is 12.9. The fourth-order valence-electron chi connectivity index (χ4n) is 3.82. The lowest BCUT2D eigenvalue weighted by Gasteiger charge is -2.26. The Labute approximate surface area is 241 Å². The van der Waals surface area contributed by atoms with E-state index in [1.54, 1.807) is 42.5 Å².